The molecule has 30 heavy (non-hydrogen) atoms. The summed E-state index contributed by atoms with van der Waals surface area (Å²) in [6.07, 6.45) is 0. The van der Waals surface area contributed by atoms with Gasteiger partial charge in [-0.15, -0.1) is 0 Å². The van der Waals surface area contributed by atoms with Crippen molar-refractivity contribution in [3.63, 3.8) is 0 Å². The highest BCUT2D eigenvalue weighted by atomic mass is 32.2. The quantitative estimate of drug-likeness (QED) is 0.530. The zero-order chi connectivity index (χ0) is 22.1. The molecule has 10 nitrogen and oxygen atoms in total. The molecule has 3 amide bonds. The van der Waals surface area contributed by atoms with Gasteiger partial charge in [0.25, 0.3) is 5.91 Å². The summed E-state index contributed by atoms with van der Waals surface area (Å²) in [7, 11) is -2.42. The van der Waals surface area contributed by atoms with Crippen LogP contribution in [0.1, 0.15) is 6.92 Å². The van der Waals surface area contributed by atoms with Crippen LogP contribution in [0.5, 0.6) is 5.75 Å². The fraction of sp³-hybridized carbons (Fsp3) is 0.211. The predicted octanol–water partition coefficient (Wildman–Crippen LogP) is 1.25. The molecule has 1 unspecified atom stereocenters. The lowest BCUT2D eigenvalue weighted by Crippen LogP contribution is -2.42. The smallest absolute Gasteiger partial charge is 0.325 e. The number of anilines is 1. The molecule has 0 spiro atoms. The second-order valence-corrected chi connectivity index (χ2v) is 7.71. The lowest BCUT2D eigenvalue weighted by molar-refractivity contribution is -0.149. The van der Waals surface area contributed by atoms with E-state index in [9.17, 15) is 22.8 Å². The SMILES string of the molecule is COc1ccc(NC(=O)NC(=O)COC(=O)C(C)NS(=O)(=O)c2ccccc2)cc1. The van der Waals surface area contributed by atoms with Crippen LogP contribution in [0, 0.1) is 0 Å². The highest BCUT2D eigenvalue weighted by molar-refractivity contribution is 7.89. The van der Waals surface area contributed by atoms with E-state index in [2.05, 4.69) is 10.0 Å². The standard InChI is InChI=1S/C19H21N3O7S/c1-13(22-30(26,27)16-6-4-3-5-7-16)18(24)29-12-17(23)21-19(25)20-14-8-10-15(28-2)11-9-14/h3-11,13,22H,12H2,1-2H3,(H2,20,21,23,25). The van der Waals surface area contributed by atoms with Gasteiger partial charge in [-0.25, -0.2) is 13.2 Å². The average Bonchev–Trinajstić information content (AvgIpc) is 2.72. The summed E-state index contributed by atoms with van der Waals surface area (Å²) < 4.78 is 36.3. The first kappa shape index (κ1) is 22.8. The summed E-state index contributed by atoms with van der Waals surface area (Å²) in [5.74, 6) is -1.26. The summed E-state index contributed by atoms with van der Waals surface area (Å²) in [4.78, 5) is 35.5. The van der Waals surface area contributed by atoms with Crippen LogP contribution in [0.15, 0.2) is 59.5 Å². The van der Waals surface area contributed by atoms with Gasteiger partial charge in [0, 0.05) is 5.69 Å². The van der Waals surface area contributed by atoms with Gasteiger partial charge in [-0.05, 0) is 43.3 Å². The average molecular weight is 435 g/mol. The minimum Gasteiger partial charge on any atom is -0.497 e. The second kappa shape index (κ2) is 10.4. The monoisotopic (exact) mass is 435 g/mol. The number of urea groups is 1. The fourth-order valence-electron chi connectivity index (χ4n) is 2.21. The Morgan fingerprint density at radius 3 is 2.23 bits per heavy atom. The van der Waals surface area contributed by atoms with Gasteiger partial charge in [0.05, 0.1) is 12.0 Å². The van der Waals surface area contributed by atoms with E-state index in [0.29, 0.717) is 11.4 Å². The predicted molar refractivity (Wildman–Crippen MR) is 107 cm³/mol. The maximum Gasteiger partial charge on any atom is 0.325 e. The molecule has 0 aliphatic carbocycles. The van der Waals surface area contributed by atoms with Crippen molar-refractivity contribution in [3.05, 3.63) is 54.6 Å². The van der Waals surface area contributed by atoms with Crippen molar-refractivity contribution in [2.75, 3.05) is 19.0 Å². The van der Waals surface area contributed by atoms with Crippen molar-refractivity contribution in [1.82, 2.24) is 10.0 Å². The molecular weight excluding hydrogens is 414 g/mol. The van der Waals surface area contributed by atoms with Gasteiger partial charge in [-0.1, -0.05) is 18.2 Å². The van der Waals surface area contributed by atoms with Crippen LogP contribution < -0.4 is 20.1 Å². The van der Waals surface area contributed by atoms with Crippen LogP contribution in [-0.4, -0.2) is 46.1 Å². The van der Waals surface area contributed by atoms with Gasteiger partial charge in [-0.3, -0.25) is 14.9 Å². The summed E-state index contributed by atoms with van der Waals surface area (Å²) in [6.45, 7) is 0.517. The lowest BCUT2D eigenvalue weighted by Gasteiger charge is -2.13. The first-order valence-electron chi connectivity index (χ1n) is 8.70. The van der Waals surface area contributed by atoms with Crippen molar-refractivity contribution >= 4 is 33.6 Å². The number of carbonyl (C=O) groups is 3. The zero-order valence-corrected chi connectivity index (χ0v) is 17.1. The highest BCUT2D eigenvalue weighted by Gasteiger charge is 2.23. The Bertz CT molecular complexity index is 993. The molecule has 3 N–H and O–H groups in total. The molecule has 0 saturated carbocycles. The van der Waals surface area contributed by atoms with Crippen LogP contribution in [0.3, 0.4) is 0 Å². The molecule has 0 bridgehead atoms. The van der Waals surface area contributed by atoms with E-state index in [4.69, 9.17) is 9.47 Å². The maximum atomic E-state index is 12.2. The van der Waals surface area contributed by atoms with Crippen molar-refractivity contribution in [1.29, 1.82) is 0 Å². The van der Waals surface area contributed by atoms with Gasteiger partial charge in [0.1, 0.15) is 11.8 Å². The molecule has 0 saturated heterocycles. The number of benzene rings is 2. The number of hydrogen-bond acceptors (Lipinski definition) is 7. The molecule has 160 valence electrons. The number of amides is 3. The number of nitrogens with one attached hydrogen (secondary N) is 3. The molecule has 0 aliphatic heterocycles. The van der Waals surface area contributed by atoms with Crippen molar-refractivity contribution < 1.29 is 32.3 Å². The normalized spacial score (nSPS) is 11.8. The van der Waals surface area contributed by atoms with Gasteiger partial charge in [0.15, 0.2) is 6.61 Å². The minimum atomic E-state index is -3.93. The van der Waals surface area contributed by atoms with Crippen LogP contribution in [0.2, 0.25) is 0 Å². The summed E-state index contributed by atoms with van der Waals surface area (Å²) >= 11 is 0. The third-order valence-corrected chi connectivity index (χ3v) is 5.24. The summed E-state index contributed by atoms with van der Waals surface area (Å²) in [6, 6.07) is 11.8. The number of imide groups is 1. The summed E-state index contributed by atoms with van der Waals surface area (Å²) in [5.41, 5.74) is 0.419. The highest BCUT2D eigenvalue weighted by Crippen LogP contribution is 2.14. The molecule has 2 aromatic rings. The van der Waals surface area contributed by atoms with Crippen LogP contribution in [0.4, 0.5) is 10.5 Å². The van der Waals surface area contributed by atoms with Gasteiger partial charge in [0.2, 0.25) is 10.0 Å². The number of ether oxygens (including phenoxy) is 2. The number of sulfonamides is 1. The Morgan fingerprint density at radius 2 is 1.63 bits per heavy atom. The van der Waals surface area contributed by atoms with E-state index in [1.807, 2.05) is 5.32 Å². The first-order chi connectivity index (χ1) is 14.2. The molecule has 0 heterocycles. The van der Waals surface area contributed by atoms with Gasteiger partial charge in [-0.2, -0.15) is 4.72 Å². The van der Waals surface area contributed by atoms with Gasteiger partial charge >= 0.3 is 12.0 Å². The van der Waals surface area contributed by atoms with E-state index >= 15 is 0 Å². The van der Waals surface area contributed by atoms with Crippen LogP contribution in [0.25, 0.3) is 0 Å². The lowest BCUT2D eigenvalue weighted by atomic mass is 10.3. The van der Waals surface area contributed by atoms with E-state index in [0.717, 1.165) is 0 Å². The molecule has 0 fully saturated rings. The van der Waals surface area contributed by atoms with E-state index in [1.165, 1.54) is 26.2 Å². The Balaban J connectivity index is 1.78. The van der Waals surface area contributed by atoms with Crippen molar-refractivity contribution in [2.24, 2.45) is 0 Å². The molecule has 2 aromatic carbocycles. The molecule has 2 rings (SSSR count). The van der Waals surface area contributed by atoms with E-state index < -0.39 is 40.6 Å². The number of carbonyl (C=O) groups excluding carboxylic acids is 3. The van der Waals surface area contributed by atoms with Crippen molar-refractivity contribution in [2.45, 2.75) is 17.9 Å². The molecule has 1 atom stereocenters. The number of hydrogen-bond donors (Lipinski definition) is 3. The van der Waals surface area contributed by atoms with Gasteiger partial charge < -0.3 is 14.8 Å². The Labute approximate surface area is 173 Å². The Morgan fingerprint density at radius 1 is 1.00 bits per heavy atom. The fourth-order valence-corrected chi connectivity index (χ4v) is 3.42. The third-order valence-electron chi connectivity index (χ3n) is 3.69. The number of esters is 1. The number of methoxy groups -OCH3 is 1. The molecule has 0 aromatic heterocycles. The first-order valence-corrected chi connectivity index (χ1v) is 10.2. The Hall–Kier alpha value is -3.44. The third kappa shape index (κ3) is 6.87. The maximum absolute atomic E-state index is 12.2. The molecular formula is C19H21N3O7S. The zero-order valence-electron chi connectivity index (χ0n) is 16.2. The van der Waals surface area contributed by atoms with E-state index in [1.54, 1.807) is 42.5 Å². The molecule has 0 radical (unpaired) electrons. The largest absolute Gasteiger partial charge is 0.497 e. The topological polar surface area (TPSA) is 140 Å². The minimum absolute atomic E-state index is 0.0161. The Kier molecular flexibility index (Phi) is 7.90. The molecule has 0 aliphatic rings. The molecule has 11 heteroatoms. The number of rotatable bonds is 8. The van der Waals surface area contributed by atoms with Crippen LogP contribution >= 0.6 is 0 Å². The van der Waals surface area contributed by atoms with E-state index in [-0.39, 0.29) is 4.90 Å². The summed E-state index contributed by atoms with van der Waals surface area (Å²) in [5, 5.41) is 4.41. The second-order valence-electron chi connectivity index (χ2n) is 5.99. The van der Waals surface area contributed by atoms with Crippen molar-refractivity contribution in [3.8, 4) is 5.75 Å². The van der Waals surface area contributed by atoms with Crippen LogP contribution in [-0.2, 0) is 24.3 Å².